The van der Waals surface area contributed by atoms with Crippen LogP contribution < -0.4 is 15.4 Å². The highest BCUT2D eigenvalue weighted by Gasteiger charge is 2.46. The lowest BCUT2D eigenvalue weighted by atomic mass is 9.82. The van der Waals surface area contributed by atoms with Gasteiger partial charge < -0.3 is 15.4 Å². The molecular weight excluding hydrogens is 497 g/mol. The van der Waals surface area contributed by atoms with Crippen LogP contribution in [-0.4, -0.2) is 34.4 Å². The van der Waals surface area contributed by atoms with Crippen molar-refractivity contribution in [1.29, 1.82) is 0 Å². The molecule has 2 amide bonds. The Bertz CT molecular complexity index is 1250. The van der Waals surface area contributed by atoms with Crippen molar-refractivity contribution in [3.8, 4) is 5.75 Å². The van der Waals surface area contributed by atoms with Gasteiger partial charge in [-0.25, -0.2) is 0 Å². The number of nitrogens with one attached hydrogen (secondary N) is 2. The van der Waals surface area contributed by atoms with Gasteiger partial charge in [0, 0.05) is 18.9 Å². The molecule has 2 fully saturated rings. The first-order valence-corrected chi connectivity index (χ1v) is 13.7. The van der Waals surface area contributed by atoms with Crippen LogP contribution in [0.3, 0.4) is 0 Å². The smallest absolute Gasteiger partial charge is 0.422 e. The molecule has 4 aliphatic rings. The van der Waals surface area contributed by atoms with Crippen molar-refractivity contribution in [3.05, 3.63) is 46.3 Å². The summed E-state index contributed by atoms with van der Waals surface area (Å²) < 4.78 is 44.6. The number of alkyl halides is 3. The van der Waals surface area contributed by atoms with Gasteiger partial charge in [-0.3, -0.25) is 14.3 Å². The largest absolute Gasteiger partial charge is 0.484 e. The molecule has 0 radical (unpaired) electrons. The number of hydrogen-bond acceptors (Lipinski definition) is 4. The third-order valence-corrected chi connectivity index (χ3v) is 8.60. The lowest BCUT2D eigenvalue weighted by molar-refractivity contribution is -0.153. The number of nitrogens with zero attached hydrogens (tertiary/aromatic N) is 2. The van der Waals surface area contributed by atoms with E-state index in [-0.39, 0.29) is 30.0 Å². The minimum absolute atomic E-state index is 0.0470. The van der Waals surface area contributed by atoms with Crippen LogP contribution in [-0.2, 0) is 36.3 Å². The van der Waals surface area contributed by atoms with Gasteiger partial charge in [0.25, 0.3) is 5.91 Å². The zero-order valence-electron chi connectivity index (χ0n) is 21.3. The molecule has 1 aromatic carbocycles. The number of aryl methyl sites for hydroxylation is 2. The molecule has 0 bridgehead atoms. The van der Waals surface area contributed by atoms with Crippen LogP contribution in [0.25, 0.3) is 0 Å². The zero-order valence-corrected chi connectivity index (χ0v) is 21.3. The van der Waals surface area contributed by atoms with Crippen LogP contribution in [0.4, 0.5) is 13.2 Å². The van der Waals surface area contributed by atoms with Crippen molar-refractivity contribution < 1.29 is 27.5 Å². The quantitative estimate of drug-likeness (QED) is 0.524. The third kappa shape index (κ3) is 5.01. The standard InChI is InChI=1S/C28H33F3N4O3/c29-28(30,31)16-38-20-7-8-21-19(13-20)9-11-27(21)14-22-24(26(37)33-27)23(35(34-22)12-10-17-5-6-17)15-32-25(36)18-3-1-2-4-18/h7-8,13,17-18H,1-6,9-12,14-16H2,(H,32,36)(H,33,37)/t27-/m0/s1. The summed E-state index contributed by atoms with van der Waals surface area (Å²) in [5.41, 5.74) is 3.16. The van der Waals surface area contributed by atoms with Gasteiger partial charge >= 0.3 is 6.18 Å². The Kier molecular flexibility index (Phi) is 6.39. The highest BCUT2D eigenvalue weighted by Crippen LogP contribution is 2.44. The summed E-state index contributed by atoms with van der Waals surface area (Å²) in [5.74, 6) is 0.760. The highest BCUT2D eigenvalue weighted by molar-refractivity contribution is 5.98. The SMILES string of the molecule is O=C1N[C@@]2(CCc3cc(OCC(F)(F)F)ccc32)Cc2nn(CCC3CC3)c(CNC(=O)C3CCCC3)c21. The number of amides is 2. The number of benzene rings is 1. The van der Waals surface area contributed by atoms with Crippen LogP contribution in [0.1, 0.15) is 84.2 Å². The van der Waals surface area contributed by atoms with E-state index in [4.69, 9.17) is 9.84 Å². The number of ether oxygens (including phenoxy) is 1. The first kappa shape index (κ1) is 25.2. The average Bonchev–Trinajstić information content (AvgIpc) is 3.26. The van der Waals surface area contributed by atoms with Crippen LogP contribution in [0.15, 0.2) is 18.2 Å². The second-order valence-corrected chi connectivity index (χ2v) is 11.4. The Balaban J connectivity index is 1.25. The molecule has 6 rings (SSSR count). The van der Waals surface area contributed by atoms with Crippen molar-refractivity contribution in [2.45, 2.75) is 89.0 Å². The second-order valence-electron chi connectivity index (χ2n) is 11.4. The van der Waals surface area contributed by atoms with Crippen LogP contribution in [0, 0.1) is 11.8 Å². The predicted octanol–water partition coefficient (Wildman–Crippen LogP) is 4.56. The van der Waals surface area contributed by atoms with E-state index >= 15 is 0 Å². The molecule has 1 atom stereocenters. The fraction of sp³-hybridized carbons (Fsp3) is 0.607. The van der Waals surface area contributed by atoms with Crippen LogP contribution in [0.2, 0.25) is 0 Å². The number of rotatable bonds is 8. The molecule has 2 saturated carbocycles. The summed E-state index contributed by atoms with van der Waals surface area (Å²) in [7, 11) is 0. The maximum Gasteiger partial charge on any atom is 0.422 e. The van der Waals surface area contributed by atoms with Crippen molar-refractivity contribution in [3.63, 3.8) is 0 Å². The minimum atomic E-state index is -4.40. The monoisotopic (exact) mass is 530 g/mol. The van der Waals surface area contributed by atoms with Crippen LogP contribution in [0.5, 0.6) is 5.75 Å². The van der Waals surface area contributed by atoms with E-state index in [1.165, 1.54) is 18.9 Å². The van der Waals surface area contributed by atoms with Gasteiger partial charge in [-0.1, -0.05) is 31.7 Å². The maximum absolute atomic E-state index is 13.6. The van der Waals surface area contributed by atoms with Gasteiger partial charge in [-0.05, 0) is 61.3 Å². The molecule has 7 nitrogen and oxygen atoms in total. The molecule has 0 saturated heterocycles. The van der Waals surface area contributed by atoms with Crippen molar-refractivity contribution >= 4 is 11.8 Å². The molecule has 38 heavy (non-hydrogen) atoms. The molecule has 0 unspecified atom stereocenters. The van der Waals surface area contributed by atoms with Gasteiger partial charge in [-0.15, -0.1) is 0 Å². The van der Waals surface area contributed by atoms with Gasteiger partial charge in [0.1, 0.15) is 5.75 Å². The number of aromatic nitrogens is 2. The van der Waals surface area contributed by atoms with Gasteiger partial charge in [0.05, 0.1) is 29.0 Å². The number of fused-ring (bicyclic) bond motifs is 3. The van der Waals surface area contributed by atoms with E-state index in [1.807, 2.05) is 4.68 Å². The van der Waals surface area contributed by atoms with Gasteiger partial charge in [-0.2, -0.15) is 18.3 Å². The van der Waals surface area contributed by atoms with E-state index in [9.17, 15) is 22.8 Å². The normalized spacial score (nSPS) is 22.9. The van der Waals surface area contributed by atoms with Crippen molar-refractivity contribution in [2.24, 2.45) is 11.8 Å². The molecule has 204 valence electrons. The molecule has 1 spiro atoms. The first-order valence-electron chi connectivity index (χ1n) is 13.7. The van der Waals surface area contributed by atoms with E-state index < -0.39 is 18.3 Å². The molecule has 2 N–H and O–H groups in total. The number of carbonyl (C=O) groups is 2. The molecular formula is C28H33F3N4O3. The molecule has 3 aliphatic carbocycles. The van der Waals surface area contributed by atoms with Gasteiger partial charge in [0.2, 0.25) is 5.91 Å². The Morgan fingerprint density at radius 3 is 2.74 bits per heavy atom. The Labute approximate surface area is 219 Å². The number of halogens is 3. The highest BCUT2D eigenvalue weighted by atomic mass is 19.4. The Morgan fingerprint density at radius 1 is 1.21 bits per heavy atom. The lowest BCUT2D eigenvalue weighted by Crippen LogP contribution is -2.50. The first-order chi connectivity index (χ1) is 18.2. The van der Waals surface area contributed by atoms with Crippen molar-refractivity contribution in [2.75, 3.05) is 6.61 Å². The zero-order chi connectivity index (χ0) is 26.5. The minimum Gasteiger partial charge on any atom is -0.484 e. The lowest BCUT2D eigenvalue weighted by Gasteiger charge is -2.35. The summed E-state index contributed by atoms with van der Waals surface area (Å²) in [4.78, 5) is 26.3. The van der Waals surface area contributed by atoms with Gasteiger partial charge in [0.15, 0.2) is 6.61 Å². The van der Waals surface area contributed by atoms with E-state index in [0.717, 1.165) is 54.6 Å². The summed E-state index contributed by atoms with van der Waals surface area (Å²) >= 11 is 0. The van der Waals surface area contributed by atoms with Crippen molar-refractivity contribution in [1.82, 2.24) is 20.4 Å². The molecule has 2 aromatic rings. The maximum atomic E-state index is 13.6. The summed E-state index contributed by atoms with van der Waals surface area (Å²) in [6.07, 6.45) is 4.80. The van der Waals surface area contributed by atoms with Crippen LogP contribution >= 0.6 is 0 Å². The Hall–Kier alpha value is -3.04. The van der Waals surface area contributed by atoms with E-state index in [2.05, 4.69) is 10.6 Å². The number of hydrogen-bond donors (Lipinski definition) is 2. The third-order valence-electron chi connectivity index (χ3n) is 8.60. The second kappa shape index (κ2) is 9.61. The molecule has 10 heteroatoms. The van der Waals surface area contributed by atoms with E-state index in [0.29, 0.717) is 37.3 Å². The molecule has 2 heterocycles. The predicted molar refractivity (Wildman–Crippen MR) is 133 cm³/mol. The Morgan fingerprint density at radius 2 is 2.00 bits per heavy atom. The number of carbonyl (C=O) groups excluding carboxylic acids is 2. The average molecular weight is 531 g/mol. The summed E-state index contributed by atoms with van der Waals surface area (Å²) in [6, 6.07) is 4.96. The topological polar surface area (TPSA) is 85.2 Å². The fourth-order valence-corrected chi connectivity index (χ4v) is 6.42. The molecule has 1 aromatic heterocycles. The van der Waals surface area contributed by atoms with E-state index in [1.54, 1.807) is 12.1 Å². The molecule has 1 aliphatic heterocycles. The summed E-state index contributed by atoms with van der Waals surface area (Å²) in [5, 5.41) is 11.2. The fourth-order valence-electron chi connectivity index (χ4n) is 6.42. The summed E-state index contributed by atoms with van der Waals surface area (Å²) in [6.45, 7) is -0.350.